The minimum absolute atomic E-state index is 0.303. The van der Waals surface area contributed by atoms with Crippen LogP contribution in [0, 0.1) is 0 Å². The van der Waals surface area contributed by atoms with Crippen molar-refractivity contribution in [1.82, 2.24) is 19.4 Å². The van der Waals surface area contributed by atoms with Crippen LogP contribution in [0.15, 0.2) is 24.5 Å². The van der Waals surface area contributed by atoms with Crippen molar-refractivity contribution in [3.63, 3.8) is 0 Å². The molecule has 0 atom stereocenters. The maximum Gasteiger partial charge on any atom is 0.422 e. The number of carbonyl (C=O) groups is 1. The van der Waals surface area contributed by atoms with E-state index in [0.29, 0.717) is 38.3 Å². The van der Waals surface area contributed by atoms with Gasteiger partial charge in [-0.2, -0.15) is 13.1 Å². The van der Waals surface area contributed by atoms with Gasteiger partial charge in [0.05, 0.1) is 6.61 Å². The minimum Gasteiger partial charge on any atom is -0.492 e. The highest BCUT2D eigenvalue weighted by molar-refractivity contribution is 7.88. The molecule has 0 unspecified atom stereocenters. The van der Waals surface area contributed by atoms with Crippen LogP contribution in [-0.4, -0.2) is 55.8 Å². The maximum absolute atomic E-state index is 12.2. The molecule has 170 valence electrons. The first-order chi connectivity index (χ1) is 14.6. The van der Waals surface area contributed by atoms with Gasteiger partial charge in [-0.25, -0.2) is 19.5 Å². The molecule has 2 heterocycles. The van der Waals surface area contributed by atoms with E-state index >= 15 is 0 Å². The molecule has 2 aromatic rings. The van der Waals surface area contributed by atoms with Gasteiger partial charge in [0.2, 0.25) is 0 Å². The number of piperidine rings is 1. The van der Waals surface area contributed by atoms with Crippen molar-refractivity contribution in [2.24, 2.45) is 0 Å². The van der Waals surface area contributed by atoms with Crippen LogP contribution in [-0.2, 0) is 14.9 Å². The van der Waals surface area contributed by atoms with Gasteiger partial charge in [0, 0.05) is 24.5 Å². The van der Waals surface area contributed by atoms with E-state index in [0.717, 1.165) is 16.7 Å². The summed E-state index contributed by atoms with van der Waals surface area (Å²) in [5.74, 6) is 1.50. The standard InChI is InChI=1S/C20H29N5O5S/c1-5-29-16-8-6-7-15-17(16)21-13-22-18(15)25-11-9-14(10-12-25)23-31(27,28)24-19(26)30-20(2,3)4/h6-8,13-14,23H,5,9-12H2,1-4H3,(H,24,26). The average molecular weight is 452 g/mol. The monoisotopic (exact) mass is 451 g/mol. The molecular weight excluding hydrogens is 422 g/mol. The Bertz CT molecular complexity index is 1030. The van der Waals surface area contributed by atoms with Crippen LogP contribution >= 0.6 is 0 Å². The fourth-order valence-corrected chi connectivity index (χ4v) is 4.43. The molecule has 1 aromatic heterocycles. The van der Waals surface area contributed by atoms with Crippen LogP contribution in [0.2, 0.25) is 0 Å². The number of rotatable bonds is 6. The molecule has 0 bridgehead atoms. The van der Waals surface area contributed by atoms with Crippen LogP contribution in [0.4, 0.5) is 10.6 Å². The summed E-state index contributed by atoms with van der Waals surface area (Å²) < 4.78 is 39.6. The third-order valence-corrected chi connectivity index (χ3v) is 5.72. The Morgan fingerprint density at radius 3 is 2.58 bits per heavy atom. The van der Waals surface area contributed by atoms with Crippen molar-refractivity contribution in [1.29, 1.82) is 0 Å². The topological polar surface area (TPSA) is 123 Å². The molecule has 1 fully saturated rings. The Morgan fingerprint density at radius 2 is 1.94 bits per heavy atom. The third kappa shape index (κ3) is 6.17. The Balaban J connectivity index is 1.64. The summed E-state index contributed by atoms with van der Waals surface area (Å²) in [6, 6.07) is 5.43. The van der Waals surface area contributed by atoms with Crippen molar-refractivity contribution in [2.75, 3.05) is 24.6 Å². The van der Waals surface area contributed by atoms with Crippen molar-refractivity contribution in [2.45, 2.75) is 52.2 Å². The van der Waals surface area contributed by atoms with Crippen LogP contribution < -0.4 is 19.1 Å². The molecular formula is C20H29N5O5S. The molecule has 0 radical (unpaired) electrons. The zero-order valence-corrected chi connectivity index (χ0v) is 19.0. The predicted molar refractivity (Wildman–Crippen MR) is 117 cm³/mol. The van der Waals surface area contributed by atoms with E-state index in [9.17, 15) is 13.2 Å². The van der Waals surface area contributed by atoms with E-state index in [1.165, 1.54) is 6.33 Å². The second-order valence-corrected chi connectivity index (χ2v) is 9.72. The summed E-state index contributed by atoms with van der Waals surface area (Å²) in [6.45, 7) is 8.66. The molecule has 1 aromatic carbocycles. The van der Waals surface area contributed by atoms with Crippen molar-refractivity contribution < 1.29 is 22.7 Å². The van der Waals surface area contributed by atoms with Gasteiger partial charge < -0.3 is 14.4 Å². The van der Waals surface area contributed by atoms with Crippen LogP contribution in [0.25, 0.3) is 10.9 Å². The quantitative estimate of drug-likeness (QED) is 0.686. The van der Waals surface area contributed by atoms with E-state index < -0.39 is 21.9 Å². The second-order valence-electron chi connectivity index (χ2n) is 8.27. The molecule has 1 amide bonds. The van der Waals surface area contributed by atoms with Crippen molar-refractivity contribution in [3.8, 4) is 5.75 Å². The maximum atomic E-state index is 12.2. The summed E-state index contributed by atoms with van der Waals surface area (Å²) in [5.41, 5.74) is -0.0356. The van der Waals surface area contributed by atoms with Gasteiger partial charge in [0.15, 0.2) is 0 Å². The van der Waals surface area contributed by atoms with E-state index in [-0.39, 0.29) is 6.04 Å². The number of anilines is 1. The molecule has 2 N–H and O–H groups in total. The number of benzene rings is 1. The normalized spacial score (nSPS) is 15.7. The Kier molecular flexibility index (Phi) is 6.85. The first-order valence-corrected chi connectivity index (χ1v) is 11.7. The van der Waals surface area contributed by atoms with Gasteiger partial charge >= 0.3 is 16.3 Å². The number of amides is 1. The van der Waals surface area contributed by atoms with E-state index in [1.807, 2.05) is 29.8 Å². The number of ether oxygens (including phenoxy) is 2. The van der Waals surface area contributed by atoms with Gasteiger partial charge in [-0.3, -0.25) is 0 Å². The van der Waals surface area contributed by atoms with Gasteiger partial charge in [0.25, 0.3) is 0 Å². The number of aromatic nitrogens is 2. The summed E-state index contributed by atoms with van der Waals surface area (Å²) in [7, 11) is -4.02. The lowest BCUT2D eigenvalue weighted by Gasteiger charge is -2.33. The van der Waals surface area contributed by atoms with Gasteiger partial charge in [0.1, 0.15) is 29.0 Å². The zero-order chi connectivity index (χ0) is 22.6. The SMILES string of the molecule is CCOc1cccc2c(N3CCC(NS(=O)(=O)NC(=O)OC(C)(C)C)CC3)ncnc12. The summed E-state index contributed by atoms with van der Waals surface area (Å²) in [4.78, 5) is 22.7. The van der Waals surface area contributed by atoms with Gasteiger partial charge in [-0.1, -0.05) is 6.07 Å². The van der Waals surface area contributed by atoms with E-state index in [1.54, 1.807) is 20.8 Å². The van der Waals surface area contributed by atoms with Crippen LogP contribution in [0.5, 0.6) is 5.75 Å². The highest BCUT2D eigenvalue weighted by Gasteiger charge is 2.27. The Labute approximate surface area is 182 Å². The van der Waals surface area contributed by atoms with Crippen molar-refractivity contribution >= 4 is 33.0 Å². The van der Waals surface area contributed by atoms with E-state index in [4.69, 9.17) is 9.47 Å². The molecule has 0 aliphatic carbocycles. The lowest BCUT2D eigenvalue weighted by molar-refractivity contribution is 0.0569. The fraction of sp³-hybridized carbons (Fsp3) is 0.550. The molecule has 3 rings (SSSR count). The lowest BCUT2D eigenvalue weighted by Crippen LogP contribution is -2.50. The predicted octanol–water partition coefficient (Wildman–Crippen LogP) is 2.36. The smallest absolute Gasteiger partial charge is 0.422 e. The van der Waals surface area contributed by atoms with Crippen LogP contribution in [0.1, 0.15) is 40.5 Å². The Morgan fingerprint density at radius 1 is 1.23 bits per heavy atom. The van der Waals surface area contributed by atoms with E-state index in [2.05, 4.69) is 19.6 Å². The first-order valence-electron chi connectivity index (χ1n) is 10.2. The molecule has 0 spiro atoms. The molecule has 10 nitrogen and oxygen atoms in total. The van der Waals surface area contributed by atoms with Crippen LogP contribution in [0.3, 0.4) is 0 Å². The number of fused-ring (bicyclic) bond motifs is 1. The largest absolute Gasteiger partial charge is 0.492 e. The fourth-order valence-electron chi connectivity index (χ4n) is 3.44. The Hall–Kier alpha value is -2.66. The number of hydrogen-bond donors (Lipinski definition) is 2. The number of para-hydroxylation sites is 1. The number of nitrogens with one attached hydrogen (secondary N) is 2. The minimum atomic E-state index is -4.02. The van der Waals surface area contributed by atoms with Gasteiger partial charge in [-0.15, -0.1) is 0 Å². The number of nitrogens with zero attached hydrogens (tertiary/aromatic N) is 3. The number of carbonyl (C=O) groups excluding carboxylic acids is 1. The zero-order valence-electron chi connectivity index (χ0n) is 18.2. The molecule has 1 saturated heterocycles. The second kappa shape index (κ2) is 9.23. The molecule has 1 aliphatic heterocycles. The highest BCUT2D eigenvalue weighted by Crippen LogP contribution is 2.30. The van der Waals surface area contributed by atoms with Gasteiger partial charge in [-0.05, 0) is 52.7 Å². The number of hydrogen-bond acceptors (Lipinski definition) is 8. The third-order valence-electron chi connectivity index (χ3n) is 4.64. The summed E-state index contributed by atoms with van der Waals surface area (Å²) >= 11 is 0. The summed E-state index contributed by atoms with van der Waals surface area (Å²) in [5, 5.41) is 0.888. The molecule has 31 heavy (non-hydrogen) atoms. The lowest BCUT2D eigenvalue weighted by atomic mass is 10.1. The highest BCUT2D eigenvalue weighted by atomic mass is 32.2. The average Bonchev–Trinajstić information content (AvgIpc) is 2.66. The summed E-state index contributed by atoms with van der Waals surface area (Å²) in [6.07, 6.45) is 1.63. The first kappa shape index (κ1) is 23.0. The molecule has 1 aliphatic rings. The van der Waals surface area contributed by atoms with Crippen molar-refractivity contribution in [3.05, 3.63) is 24.5 Å². The molecule has 11 heteroatoms. The molecule has 0 saturated carbocycles.